The van der Waals surface area contributed by atoms with E-state index in [9.17, 15) is 0 Å². The van der Waals surface area contributed by atoms with Crippen LogP contribution in [0.3, 0.4) is 0 Å². The third kappa shape index (κ3) is 2.36. The fourth-order valence-electron chi connectivity index (χ4n) is 1.88. The molecule has 0 aliphatic rings. The lowest BCUT2D eigenvalue weighted by molar-refractivity contribution is 0.416. The number of aryl methyl sites for hydroxylation is 1. The van der Waals surface area contributed by atoms with Gasteiger partial charge in [-0.3, -0.25) is 0 Å². The standard InChI is InChI=1S/C13H16BrN3O/c1-3-6-17-8-16-12(13(17)15)10-7-9(14)4-5-11(10)18-2/h4-5,7-8H,3,6,15H2,1-2H3. The first-order valence-electron chi connectivity index (χ1n) is 5.82. The summed E-state index contributed by atoms with van der Waals surface area (Å²) in [5.74, 6) is 1.44. The molecule has 96 valence electrons. The highest BCUT2D eigenvalue weighted by atomic mass is 79.9. The summed E-state index contributed by atoms with van der Waals surface area (Å²) in [6.07, 6.45) is 2.80. The van der Waals surface area contributed by atoms with E-state index in [4.69, 9.17) is 10.5 Å². The van der Waals surface area contributed by atoms with E-state index in [-0.39, 0.29) is 0 Å². The van der Waals surface area contributed by atoms with Crippen LogP contribution >= 0.6 is 15.9 Å². The zero-order chi connectivity index (χ0) is 13.1. The molecule has 0 spiro atoms. The van der Waals surface area contributed by atoms with E-state index in [1.807, 2.05) is 22.8 Å². The number of methoxy groups -OCH3 is 1. The minimum atomic E-state index is 0.674. The van der Waals surface area contributed by atoms with Crippen molar-refractivity contribution in [3.63, 3.8) is 0 Å². The summed E-state index contributed by atoms with van der Waals surface area (Å²) in [6.45, 7) is 2.98. The van der Waals surface area contributed by atoms with Gasteiger partial charge in [0.05, 0.1) is 13.4 Å². The van der Waals surface area contributed by atoms with Crippen LogP contribution < -0.4 is 10.5 Å². The second-order valence-electron chi connectivity index (χ2n) is 4.02. The van der Waals surface area contributed by atoms with E-state index in [0.717, 1.165) is 34.4 Å². The normalized spacial score (nSPS) is 10.6. The number of benzene rings is 1. The van der Waals surface area contributed by atoms with Crippen molar-refractivity contribution in [2.24, 2.45) is 0 Å². The Balaban J connectivity index is 2.51. The van der Waals surface area contributed by atoms with Gasteiger partial charge in [0.25, 0.3) is 0 Å². The predicted molar refractivity (Wildman–Crippen MR) is 76.6 cm³/mol. The molecule has 2 aromatic rings. The topological polar surface area (TPSA) is 53.1 Å². The molecule has 0 saturated heterocycles. The molecule has 0 aliphatic carbocycles. The highest BCUT2D eigenvalue weighted by molar-refractivity contribution is 9.10. The Morgan fingerprint density at radius 2 is 2.22 bits per heavy atom. The maximum absolute atomic E-state index is 6.12. The molecule has 1 heterocycles. The first kappa shape index (κ1) is 13.0. The summed E-state index contributed by atoms with van der Waals surface area (Å²) >= 11 is 3.45. The fraction of sp³-hybridized carbons (Fsp3) is 0.308. The molecule has 0 radical (unpaired) electrons. The average molecular weight is 310 g/mol. The van der Waals surface area contributed by atoms with Gasteiger partial charge in [-0.2, -0.15) is 0 Å². The Kier molecular flexibility index (Phi) is 3.91. The number of nitrogen functional groups attached to an aromatic ring is 1. The minimum absolute atomic E-state index is 0.674. The van der Waals surface area contributed by atoms with Crippen LogP contribution in [-0.2, 0) is 6.54 Å². The highest BCUT2D eigenvalue weighted by Crippen LogP contribution is 2.34. The van der Waals surface area contributed by atoms with Crippen LogP contribution in [0.5, 0.6) is 5.75 Å². The smallest absolute Gasteiger partial charge is 0.131 e. The molecule has 2 N–H and O–H groups in total. The SMILES string of the molecule is CCCn1cnc(-c2cc(Br)ccc2OC)c1N. The Bertz CT molecular complexity index is 551. The lowest BCUT2D eigenvalue weighted by atomic mass is 10.1. The number of hydrogen-bond donors (Lipinski definition) is 1. The first-order valence-corrected chi connectivity index (χ1v) is 6.61. The Morgan fingerprint density at radius 1 is 1.44 bits per heavy atom. The van der Waals surface area contributed by atoms with Gasteiger partial charge >= 0.3 is 0 Å². The summed E-state index contributed by atoms with van der Waals surface area (Å²) in [4.78, 5) is 4.39. The molecular weight excluding hydrogens is 294 g/mol. The number of hydrogen-bond acceptors (Lipinski definition) is 3. The summed E-state index contributed by atoms with van der Waals surface area (Å²) < 4.78 is 8.28. The summed E-state index contributed by atoms with van der Waals surface area (Å²) in [5.41, 5.74) is 7.79. The van der Waals surface area contributed by atoms with Crippen molar-refractivity contribution < 1.29 is 4.74 Å². The zero-order valence-electron chi connectivity index (χ0n) is 10.5. The van der Waals surface area contributed by atoms with Gasteiger partial charge < -0.3 is 15.0 Å². The first-order chi connectivity index (χ1) is 8.67. The van der Waals surface area contributed by atoms with Crippen molar-refractivity contribution in [1.82, 2.24) is 9.55 Å². The molecule has 4 nitrogen and oxygen atoms in total. The van der Waals surface area contributed by atoms with Gasteiger partial charge in [-0.15, -0.1) is 0 Å². The number of nitrogens with two attached hydrogens (primary N) is 1. The molecule has 0 aliphatic heterocycles. The van der Waals surface area contributed by atoms with E-state index in [1.54, 1.807) is 13.4 Å². The van der Waals surface area contributed by atoms with Crippen LogP contribution in [0.1, 0.15) is 13.3 Å². The molecule has 0 bridgehead atoms. The second-order valence-corrected chi connectivity index (χ2v) is 4.93. The van der Waals surface area contributed by atoms with Crippen LogP contribution in [0.2, 0.25) is 0 Å². The minimum Gasteiger partial charge on any atom is -0.496 e. The van der Waals surface area contributed by atoms with Crippen LogP contribution in [0.4, 0.5) is 5.82 Å². The number of ether oxygens (including phenoxy) is 1. The molecule has 0 amide bonds. The van der Waals surface area contributed by atoms with Gasteiger partial charge in [0.1, 0.15) is 17.3 Å². The number of anilines is 1. The molecule has 0 fully saturated rings. The van der Waals surface area contributed by atoms with Crippen molar-refractivity contribution in [3.8, 4) is 17.0 Å². The molecule has 0 saturated carbocycles. The number of halogens is 1. The van der Waals surface area contributed by atoms with Crippen molar-refractivity contribution in [1.29, 1.82) is 0 Å². The van der Waals surface area contributed by atoms with Crippen molar-refractivity contribution in [2.45, 2.75) is 19.9 Å². The molecule has 1 aromatic heterocycles. The molecular formula is C13H16BrN3O. The summed E-state index contributed by atoms with van der Waals surface area (Å²) in [7, 11) is 1.64. The summed E-state index contributed by atoms with van der Waals surface area (Å²) in [5, 5.41) is 0. The quantitative estimate of drug-likeness (QED) is 0.942. The van der Waals surface area contributed by atoms with Crippen LogP contribution in [-0.4, -0.2) is 16.7 Å². The molecule has 0 atom stereocenters. The van der Waals surface area contributed by atoms with E-state index in [2.05, 4.69) is 27.8 Å². The third-order valence-corrected chi connectivity index (χ3v) is 3.25. The Labute approximate surface area is 115 Å². The third-order valence-electron chi connectivity index (χ3n) is 2.76. The second kappa shape index (κ2) is 5.44. The van der Waals surface area contributed by atoms with Gasteiger partial charge in [0.15, 0.2) is 0 Å². The molecule has 2 rings (SSSR count). The average Bonchev–Trinajstić information content (AvgIpc) is 2.72. The molecule has 0 unspecified atom stereocenters. The van der Waals surface area contributed by atoms with Crippen LogP contribution in [0, 0.1) is 0 Å². The summed E-state index contributed by atoms with van der Waals surface area (Å²) in [6, 6.07) is 5.80. The fourth-order valence-corrected chi connectivity index (χ4v) is 2.24. The number of rotatable bonds is 4. The van der Waals surface area contributed by atoms with Crippen molar-refractivity contribution in [2.75, 3.05) is 12.8 Å². The molecule has 18 heavy (non-hydrogen) atoms. The maximum atomic E-state index is 6.12. The van der Waals surface area contributed by atoms with Gasteiger partial charge in [-0.1, -0.05) is 22.9 Å². The lowest BCUT2D eigenvalue weighted by Crippen LogP contribution is -2.01. The maximum Gasteiger partial charge on any atom is 0.131 e. The number of aromatic nitrogens is 2. The van der Waals surface area contributed by atoms with Gasteiger partial charge in [0, 0.05) is 16.6 Å². The van der Waals surface area contributed by atoms with E-state index in [1.165, 1.54) is 0 Å². The molecule has 1 aromatic carbocycles. The monoisotopic (exact) mass is 309 g/mol. The lowest BCUT2D eigenvalue weighted by Gasteiger charge is -2.08. The van der Waals surface area contributed by atoms with Crippen molar-refractivity contribution >= 4 is 21.7 Å². The number of nitrogens with zero attached hydrogens (tertiary/aromatic N) is 2. The van der Waals surface area contributed by atoms with Crippen LogP contribution in [0.25, 0.3) is 11.3 Å². The van der Waals surface area contributed by atoms with Gasteiger partial charge in [0.2, 0.25) is 0 Å². The van der Waals surface area contributed by atoms with Crippen molar-refractivity contribution in [3.05, 3.63) is 29.0 Å². The largest absolute Gasteiger partial charge is 0.496 e. The van der Waals surface area contributed by atoms with Gasteiger partial charge in [-0.05, 0) is 24.6 Å². The van der Waals surface area contributed by atoms with E-state index >= 15 is 0 Å². The Morgan fingerprint density at radius 3 is 2.89 bits per heavy atom. The van der Waals surface area contributed by atoms with E-state index in [0.29, 0.717) is 5.82 Å². The highest BCUT2D eigenvalue weighted by Gasteiger charge is 2.14. The molecule has 5 heteroatoms. The number of imidazole rings is 1. The Hall–Kier alpha value is -1.49. The predicted octanol–water partition coefficient (Wildman–Crippen LogP) is 3.31. The van der Waals surface area contributed by atoms with Gasteiger partial charge in [-0.25, -0.2) is 4.98 Å². The van der Waals surface area contributed by atoms with Crippen LogP contribution in [0.15, 0.2) is 29.0 Å². The van der Waals surface area contributed by atoms with E-state index < -0.39 is 0 Å². The zero-order valence-corrected chi connectivity index (χ0v) is 12.1.